The van der Waals surface area contributed by atoms with Crippen molar-refractivity contribution in [2.24, 2.45) is 5.73 Å². The number of benzene rings is 1. The van der Waals surface area contributed by atoms with E-state index in [9.17, 15) is 5.11 Å². The second-order valence-electron chi connectivity index (χ2n) is 5.71. The molecule has 1 unspecified atom stereocenters. The van der Waals surface area contributed by atoms with Gasteiger partial charge in [-0.1, -0.05) is 25.0 Å². The van der Waals surface area contributed by atoms with Gasteiger partial charge in [-0.3, -0.25) is 10.3 Å². The summed E-state index contributed by atoms with van der Waals surface area (Å²) in [5.41, 5.74) is 8.72. The summed E-state index contributed by atoms with van der Waals surface area (Å²) in [4.78, 5) is 2.39. The van der Waals surface area contributed by atoms with Gasteiger partial charge in [-0.2, -0.15) is 0 Å². The predicted molar refractivity (Wildman–Crippen MR) is 81.9 cm³/mol. The molecular weight excluding hydrogens is 250 g/mol. The fourth-order valence-electron chi connectivity index (χ4n) is 2.91. The van der Waals surface area contributed by atoms with E-state index in [-0.39, 0.29) is 18.5 Å². The van der Waals surface area contributed by atoms with Crippen LogP contribution in [-0.4, -0.2) is 35.0 Å². The van der Waals surface area contributed by atoms with E-state index < -0.39 is 0 Å². The summed E-state index contributed by atoms with van der Waals surface area (Å²) in [6.45, 7) is 4.23. The number of aliphatic hydroxyl groups is 1. The Hall–Kier alpha value is -1.39. The summed E-state index contributed by atoms with van der Waals surface area (Å²) in [6.07, 6.45) is 4.77. The first kappa shape index (κ1) is 15.0. The molecule has 1 atom stereocenters. The predicted octanol–water partition coefficient (Wildman–Crippen LogP) is 2.02. The smallest absolute Gasteiger partial charge is 0.122 e. The van der Waals surface area contributed by atoms with E-state index in [0.717, 1.165) is 25.1 Å². The Kier molecular flexibility index (Phi) is 5.15. The standard InChI is InChI=1S/C16H25N3O/c1-12-9-13(16(17)18)6-7-14(12)10-19-8-4-2-3-5-15(19)11-20/h6-7,9,15,20H,2-5,8,10-11H2,1H3,(H3,17,18). The lowest BCUT2D eigenvalue weighted by molar-refractivity contribution is 0.118. The zero-order valence-corrected chi connectivity index (χ0v) is 12.2. The summed E-state index contributed by atoms with van der Waals surface area (Å²) in [5, 5.41) is 17.0. The molecule has 4 N–H and O–H groups in total. The van der Waals surface area contributed by atoms with Gasteiger partial charge < -0.3 is 10.8 Å². The second kappa shape index (κ2) is 6.86. The van der Waals surface area contributed by atoms with Gasteiger partial charge in [-0.05, 0) is 43.5 Å². The SMILES string of the molecule is Cc1cc(C(=N)N)ccc1CN1CCCCCC1CO. The highest BCUT2D eigenvalue weighted by Crippen LogP contribution is 2.21. The highest BCUT2D eigenvalue weighted by Gasteiger charge is 2.20. The molecule has 1 aromatic rings. The van der Waals surface area contributed by atoms with Crippen LogP contribution in [0.2, 0.25) is 0 Å². The largest absolute Gasteiger partial charge is 0.395 e. The summed E-state index contributed by atoms with van der Waals surface area (Å²) in [6, 6.07) is 6.23. The highest BCUT2D eigenvalue weighted by atomic mass is 16.3. The third kappa shape index (κ3) is 3.58. The molecule has 0 amide bonds. The molecule has 0 bridgehead atoms. The number of nitrogens with one attached hydrogen (secondary N) is 1. The maximum Gasteiger partial charge on any atom is 0.122 e. The first-order valence-electron chi connectivity index (χ1n) is 7.40. The van der Waals surface area contributed by atoms with Gasteiger partial charge in [0, 0.05) is 18.2 Å². The van der Waals surface area contributed by atoms with Crippen LogP contribution >= 0.6 is 0 Å². The number of hydrogen-bond donors (Lipinski definition) is 3. The fourth-order valence-corrected chi connectivity index (χ4v) is 2.91. The third-order valence-electron chi connectivity index (χ3n) is 4.24. The van der Waals surface area contributed by atoms with E-state index in [0.29, 0.717) is 0 Å². The van der Waals surface area contributed by atoms with Gasteiger partial charge >= 0.3 is 0 Å². The highest BCUT2D eigenvalue weighted by molar-refractivity contribution is 5.95. The number of likely N-dealkylation sites (tertiary alicyclic amines) is 1. The monoisotopic (exact) mass is 275 g/mol. The molecule has 0 aromatic heterocycles. The molecule has 4 nitrogen and oxygen atoms in total. The molecule has 1 saturated heterocycles. The first-order chi connectivity index (χ1) is 9.61. The van der Waals surface area contributed by atoms with Crippen LogP contribution in [0.3, 0.4) is 0 Å². The molecule has 4 heteroatoms. The van der Waals surface area contributed by atoms with Gasteiger partial charge in [-0.15, -0.1) is 0 Å². The molecule has 1 heterocycles. The van der Waals surface area contributed by atoms with Gasteiger partial charge in [0.15, 0.2) is 0 Å². The first-order valence-corrected chi connectivity index (χ1v) is 7.40. The third-order valence-corrected chi connectivity index (χ3v) is 4.24. The maximum absolute atomic E-state index is 9.56. The topological polar surface area (TPSA) is 73.3 Å². The van der Waals surface area contributed by atoms with Gasteiger partial charge in [0.25, 0.3) is 0 Å². The van der Waals surface area contributed by atoms with Crippen molar-refractivity contribution in [2.45, 2.75) is 45.2 Å². The number of aryl methyl sites for hydroxylation is 1. The zero-order chi connectivity index (χ0) is 14.5. The normalized spacial score (nSPS) is 20.6. The van der Waals surface area contributed by atoms with Crippen LogP contribution in [0.4, 0.5) is 0 Å². The Bertz CT molecular complexity index is 473. The molecule has 1 aliphatic heterocycles. The molecule has 0 saturated carbocycles. The van der Waals surface area contributed by atoms with Crippen molar-refractivity contribution in [2.75, 3.05) is 13.2 Å². The number of amidine groups is 1. The van der Waals surface area contributed by atoms with Crippen molar-refractivity contribution >= 4 is 5.84 Å². The van der Waals surface area contributed by atoms with Gasteiger partial charge in [0.1, 0.15) is 5.84 Å². The Morgan fingerprint density at radius 3 is 2.85 bits per heavy atom. The molecular formula is C16H25N3O. The van der Waals surface area contributed by atoms with Crippen molar-refractivity contribution in [1.82, 2.24) is 4.90 Å². The number of hydrogen-bond acceptors (Lipinski definition) is 3. The van der Waals surface area contributed by atoms with Crippen molar-refractivity contribution in [3.05, 3.63) is 34.9 Å². The van der Waals surface area contributed by atoms with Crippen LogP contribution in [0.25, 0.3) is 0 Å². The lowest BCUT2D eigenvalue weighted by Crippen LogP contribution is -2.37. The van der Waals surface area contributed by atoms with E-state index in [1.165, 1.54) is 30.4 Å². The second-order valence-corrected chi connectivity index (χ2v) is 5.71. The van der Waals surface area contributed by atoms with Gasteiger partial charge in [-0.25, -0.2) is 0 Å². The quantitative estimate of drug-likeness (QED) is 0.581. The summed E-state index contributed by atoms with van der Waals surface area (Å²) in [5.74, 6) is 0.114. The minimum absolute atomic E-state index is 0.114. The molecule has 0 radical (unpaired) electrons. The van der Waals surface area contributed by atoms with E-state index in [4.69, 9.17) is 11.1 Å². The molecule has 1 fully saturated rings. The van der Waals surface area contributed by atoms with Crippen molar-refractivity contribution < 1.29 is 5.11 Å². The van der Waals surface area contributed by atoms with Crippen LogP contribution in [-0.2, 0) is 6.54 Å². The van der Waals surface area contributed by atoms with Gasteiger partial charge in [0.05, 0.1) is 6.61 Å². The Morgan fingerprint density at radius 1 is 1.40 bits per heavy atom. The molecule has 0 spiro atoms. The summed E-state index contributed by atoms with van der Waals surface area (Å²) in [7, 11) is 0. The van der Waals surface area contributed by atoms with Crippen LogP contribution in [0.5, 0.6) is 0 Å². The van der Waals surface area contributed by atoms with Crippen molar-refractivity contribution in [3.8, 4) is 0 Å². The molecule has 0 aliphatic carbocycles. The van der Waals surface area contributed by atoms with Crippen molar-refractivity contribution in [1.29, 1.82) is 5.41 Å². The van der Waals surface area contributed by atoms with E-state index in [1.54, 1.807) is 0 Å². The summed E-state index contributed by atoms with van der Waals surface area (Å²) >= 11 is 0. The average molecular weight is 275 g/mol. The number of nitrogens with zero attached hydrogens (tertiary/aromatic N) is 1. The summed E-state index contributed by atoms with van der Waals surface area (Å²) < 4.78 is 0. The van der Waals surface area contributed by atoms with E-state index in [2.05, 4.69) is 17.9 Å². The zero-order valence-electron chi connectivity index (χ0n) is 12.2. The number of nitrogen functional groups attached to an aromatic ring is 1. The minimum Gasteiger partial charge on any atom is -0.395 e. The van der Waals surface area contributed by atoms with Crippen molar-refractivity contribution in [3.63, 3.8) is 0 Å². The number of aliphatic hydroxyl groups excluding tert-OH is 1. The van der Waals surface area contributed by atoms with Crippen LogP contribution < -0.4 is 5.73 Å². The lowest BCUT2D eigenvalue weighted by Gasteiger charge is -2.29. The number of rotatable bonds is 4. The van der Waals surface area contributed by atoms with E-state index >= 15 is 0 Å². The number of nitrogens with two attached hydrogens (primary N) is 1. The van der Waals surface area contributed by atoms with E-state index in [1.807, 2.05) is 12.1 Å². The average Bonchev–Trinajstić information content (AvgIpc) is 2.65. The lowest BCUT2D eigenvalue weighted by atomic mass is 10.0. The molecule has 110 valence electrons. The van der Waals surface area contributed by atoms with Crippen LogP contribution in [0, 0.1) is 12.3 Å². The fraction of sp³-hybridized carbons (Fsp3) is 0.562. The molecule has 1 aliphatic rings. The Morgan fingerprint density at radius 2 is 2.20 bits per heavy atom. The maximum atomic E-state index is 9.56. The Balaban J connectivity index is 2.13. The van der Waals surface area contributed by atoms with Gasteiger partial charge in [0.2, 0.25) is 0 Å². The minimum atomic E-state index is 0.114. The van der Waals surface area contributed by atoms with Crippen LogP contribution in [0.15, 0.2) is 18.2 Å². The molecule has 1 aromatic carbocycles. The molecule has 20 heavy (non-hydrogen) atoms. The van der Waals surface area contributed by atoms with Crippen LogP contribution in [0.1, 0.15) is 42.4 Å². The Labute approximate surface area is 121 Å². The molecule has 2 rings (SSSR count).